The number of rotatable bonds is 6. The first-order valence-electron chi connectivity index (χ1n) is 8.12. The molecule has 0 spiro atoms. The normalized spacial score (nSPS) is 11.2. The summed E-state index contributed by atoms with van der Waals surface area (Å²) in [6.07, 6.45) is 4.31. The van der Waals surface area contributed by atoms with Crippen molar-refractivity contribution in [1.29, 1.82) is 0 Å². The third kappa shape index (κ3) is 3.23. The van der Waals surface area contributed by atoms with Gasteiger partial charge < -0.3 is 10.3 Å². The fourth-order valence-corrected chi connectivity index (χ4v) is 2.92. The molecule has 2 nitrogen and oxygen atoms in total. The second-order valence-electron chi connectivity index (χ2n) is 5.91. The molecule has 2 aromatic carbocycles. The first kappa shape index (κ1) is 14.9. The summed E-state index contributed by atoms with van der Waals surface area (Å²) < 4.78 is 0. The zero-order valence-corrected chi connectivity index (χ0v) is 13.4. The van der Waals surface area contributed by atoms with Gasteiger partial charge in [0.15, 0.2) is 0 Å². The van der Waals surface area contributed by atoms with Crippen molar-refractivity contribution in [3.63, 3.8) is 0 Å². The van der Waals surface area contributed by atoms with Crippen LogP contribution in [0.4, 0.5) is 0 Å². The highest BCUT2D eigenvalue weighted by atomic mass is 14.8. The van der Waals surface area contributed by atoms with Crippen molar-refractivity contribution in [1.82, 2.24) is 10.3 Å². The van der Waals surface area contributed by atoms with E-state index in [1.165, 1.54) is 33.2 Å². The van der Waals surface area contributed by atoms with Gasteiger partial charge in [0, 0.05) is 23.6 Å². The first-order valence-corrected chi connectivity index (χ1v) is 8.12. The fourth-order valence-electron chi connectivity index (χ4n) is 2.92. The Hall–Kier alpha value is -2.06. The van der Waals surface area contributed by atoms with Crippen molar-refractivity contribution in [3.8, 4) is 0 Å². The maximum absolute atomic E-state index is 3.54. The molecule has 0 fully saturated rings. The quantitative estimate of drug-likeness (QED) is 0.649. The lowest BCUT2D eigenvalue weighted by Crippen LogP contribution is -2.16. The van der Waals surface area contributed by atoms with Gasteiger partial charge in [-0.2, -0.15) is 0 Å². The van der Waals surface area contributed by atoms with E-state index in [4.69, 9.17) is 0 Å². The standard InChI is InChI=1S/C20H24N2/c1-3-16-7-9-17(10-8-16)13-21-12-11-18-14-22-20-15(2)5-4-6-19(18)20/h4-10,14,21-22H,3,11-13H2,1-2H3. The van der Waals surface area contributed by atoms with E-state index in [0.29, 0.717) is 0 Å². The molecule has 2 heteroatoms. The molecule has 3 aromatic rings. The van der Waals surface area contributed by atoms with Crippen molar-refractivity contribution >= 4 is 10.9 Å². The molecule has 0 amide bonds. The third-order valence-corrected chi connectivity index (χ3v) is 4.34. The highest BCUT2D eigenvalue weighted by molar-refractivity contribution is 5.85. The maximum atomic E-state index is 3.54. The molecule has 1 aromatic heterocycles. The number of benzene rings is 2. The Labute approximate surface area is 132 Å². The number of aromatic nitrogens is 1. The Morgan fingerprint density at radius 3 is 2.55 bits per heavy atom. The lowest BCUT2D eigenvalue weighted by Gasteiger charge is -2.06. The summed E-state index contributed by atoms with van der Waals surface area (Å²) in [6.45, 7) is 6.28. The van der Waals surface area contributed by atoms with Crippen LogP contribution >= 0.6 is 0 Å². The smallest absolute Gasteiger partial charge is 0.0486 e. The van der Waals surface area contributed by atoms with E-state index >= 15 is 0 Å². The summed E-state index contributed by atoms with van der Waals surface area (Å²) in [5, 5.41) is 4.90. The lowest BCUT2D eigenvalue weighted by molar-refractivity contribution is 0.688. The average molecular weight is 292 g/mol. The molecular formula is C20H24N2. The largest absolute Gasteiger partial charge is 0.361 e. The summed E-state index contributed by atoms with van der Waals surface area (Å²) in [5.41, 5.74) is 6.73. The van der Waals surface area contributed by atoms with Gasteiger partial charge in [-0.05, 0) is 48.6 Å². The molecule has 0 atom stereocenters. The maximum Gasteiger partial charge on any atom is 0.0486 e. The molecule has 2 N–H and O–H groups in total. The fraction of sp³-hybridized carbons (Fsp3) is 0.300. The van der Waals surface area contributed by atoms with Gasteiger partial charge in [0.25, 0.3) is 0 Å². The molecule has 0 bridgehead atoms. The van der Waals surface area contributed by atoms with Gasteiger partial charge in [-0.15, -0.1) is 0 Å². The Bertz CT molecular complexity index is 738. The SMILES string of the molecule is CCc1ccc(CNCCc2c[nH]c3c(C)cccc23)cc1. The molecule has 3 rings (SSSR count). The van der Waals surface area contributed by atoms with Crippen molar-refractivity contribution in [2.24, 2.45) is 0 Å². The molecule has 0 radical (unpaired) electrons. The first-order chi connectivity index (χ1) is 10.8. The van der Waals surface area contributed by atoms with Crippen LogP contribution in [0.5, 0.6) is 0 Å². The molecule has 0 aliphatic rings. The second-order valence-corrected chi connectivity index (χ2v) is 5.91. The number of aryl methyl sites for hydroxylation is 2. The van der Waals surface area contributed by atoms with Crippen LogP contribution in [0.25, 0.3) is 10.9 Å². The van der Waals surface area contributed by atoms with E-state index in [-0.39, 0.29) is 0 Å². The van der Waals surface area contributed by atoms with Crippen LogP contribution in [0.3, 0.4) is 0 Å². The number of para-hydroxylation sites is 1. The number of nitrogens with one attached hydrogen (secondary N) is 2. The number of fused-ring (bicyclic) bond motifs is 1. The molecule has 1 heterocycles. The number of hydrogen-bond acceptors (Lipinski definition) is 1. The Kier molecular flexibility index (Phi) is 4.59. The molecule has 0 saturated carbocycles. The average Bonchev–Trinajstić information content (AvgIpc) is 2.97. The zero-order chi connectivity index (χ0) is 15.4. The molecule has 0 saturated heterocycles. The highest BCUT2D eigenvalue weighted by Crippen LogP contribution is 2.21. The van der Waals surface area contributed by atoms with Crippen molar-refractivity contribution in [3.05, 3.63) is 70.9 Å². The summed E-state index contributed by atoms with van der Waals surface area (Å²) in [4.78, 5) is 3.40. The molecule has 0 aliphatic carbocycles. The predicted octanol–water partition coefficient (Wildman–Crippen LogP) is 4.37. The molecule has 0 aliphatic heterocycles. The van der Waals surface area contributed by atoms with Gasteiger partial charge in [-0.3, -0.25) is 0 Å². The monoisotopic (exact) mass is 292 g/mol. The molecule has 22 heavy (non-hydrogen) atoms. The van der Waals surface area contributed by atoms with E-state index in [9.17, 15) is 0 Å². The molecular weight excluding hydrogens is 268 g/mol. The van der Waals surface area contributed by atoms with Crippen LogP contribution in [0, 0.1) is 6.92 Å². The molecule has 114 valence electrons. The highest BCUT2D eigenvalue weighted by Gasteiger charge is 2.04. The summed E-state index contributed by atoms with van der Waals surface area (Å²) in [5.74, 6) is 0. The van der Waals surface area contributed by atoms with Gasteiger partial charge in [-0.1, -0.05) is 49.4 Å². The number of aromatic amines is 1. The van der Waals surface area contributed by atoms with Crippen molar-refractivity contribution in [2.75, 3.05) is 6.54 Å². The minimum Gasteiger partial charge on any atom is -0.361 e. The van der Waals surface area contributed by atoms with Gasteiger partial charge in [0.2, 0.25) is 0 Å². The lowest BCUT2D eigenvalue weighted by atomic mass is 10.1. The summed E-state index contributed by atoms with van der Waals surface area (Å²) >= 11 is 0. The second kappa shape index (κ2) is 6.80. The van der Waals surface area contributed by atoms with Crippen LogP contribution < -0.4 is 5.32 Å². The van der Waals surface area contributed by atoms with E-state index in [2.05, 4.69) is 72.8 Å². The van der Waals surface area contributed by atoms with Gasteiger partial charge in [0.1, 0.15) is 0 Å². The zero-order valence-electron chi connectivity index (χ0n) is 13.4. The van der Waals surface area contributed by atoms with Gasteiger partial charge >= 0.3 is 0 Å². The van der Waals surface area contributed by atoms with E-state index < -0.39 is 0 Å². The minimum atomic E-state index is 0.936. The Morgan fingerprint density at radius 2 is 1.77 bits per heavy atom. The number of hydrogen-bond donors (Lipinski definition) is 2. The van der Waals surface area contributed by atoms with E-state index in [0.717, 1.165) is 25.9 Å². The van der Waals surface area contributed by atoms with Crippen molar-refractivity contribution in [2.45, 2.75) is 33.2 Å². The van der Waals surface area contributed by atoms with Crippen LogP contribution in [-0.2, 0) is 19.4 Å². The van der Waals surface area contributed by atoms with E-state index in [1.807, 2.05) is 0 Å². The number of H-pyrrole nitrogens is 1. The minimum absolute atomic E-state index is 0.936. The molecule has 0 unspecified atom stereocenters. The topological polar surface area (TPSA) is 27.8 Å². The van der Waals surface area contributed by atoms with Crippen LogP contribution in [0.1, 0.15) is 29.2 Å². The Balaban J connectivity index is 1.55. The predicted molar refractivity (Wildman–Crippen MR) is 94.3 cm³/mol. The Morgan fingerprint density at radius 1 is 1.00 bits per heavy atom. The van der Waals surface area contributed by atoms with Crippen LogP contribution in [0.2, 0.25) is 0 Å². The van der Waals surface area contributed by atoms with Crippen LogP contribution in [0.15, 0.2) is 48.7 Å². The summed E-state index contributed by atoms with van der Waals surface area (Å²) in [6, 6.07) is 15.4. The third-order valence-electron chi connectivity index (χ3n) is 4.34. The summed E-state index contributed by atoms with van der Waals surface area (Å²) in [7, 11) is 0. The van der Waals surface area contributed by atoms with E-state index in [1.54, 1.807) is 0 Å². The van der Waals surface area contributed by atoms with Gasteiger partial charge in [-0.25, -0.2) is 0 Å². The van der Waals surface area contributed by atoms with Crippen LogP contribution in [-0.4, -0.2) is 11.5 Å². The van der Waals surface area contributed by atoms with Gasteiger partial charge in [0.05, 0.1) is 0 Å². The van der Waals surface area contributed by atoms with Crippen molar-refractivity contribution < 1.29 is 0 Å².